The Labute approximate surface area is 118 Å². The molecule has 0 atom stereocenters. The third kappa shape index (κ3) is 3.11. The zero-order valence-corrected chi connectivity index (χ0v) is 11.0. The minimum absolute atomic E-state index is 0.121. The van der Waals surface area contributed by atoms with Gasteiger partial charge in [0.25, 0.3) is 11.2 Å². The van der Waals surface area contributed by atoms with E-state index in [-0.39, 0.29) is 23.7 Å². The van der Waals surface area contributed by atoms with Gasteiger partial charge in [-0.25, -0.2) is 9.78 Å². The van der Waals surface area contributed by atoms with Crippen LogP contribution in [0, 0.1) is 10.1 Å². The fraction of sp³-hybridized carbons (Fsp3) is 0.154. The number of aromatic nitrogens is 2. The first-order chi connectivity index (χ1) is 10.0. The van der Waals surface area contributed by atoms with Crippen molar-refractivity contribution in [2.24, 2.45) is 0 Å². The number of nitro benzene ring substituents is 1. The normalized spacial score (nSPS) is 10.1. The van der Waals surface area contributed by atoms with Crippen LogP contribution in [0.5, 0.6) is 0 Å². The van der Waals surface area contributed by atoms with Gasteiger partial charge in [-0.3, -0.25) is 14.9 Å². The number of benzene rings is 1. The lowest BCUT2D eigenvalue weighted by atomic mass is 10.2. The second-order valence-corrected chi connectivity index (χ2v) is 4.00. The average molecular weight is 289 g/mol. The maximum Gasteiger partial charge on any atom is 0.345 e. The lowest BCUT2D eigenvalue weighted by molar-refractivity contribution is -0.384. The Morgan fingerprint density at radius 1 is 1.48 bits per heavy atom. The van der Waals surface area contributed by atoms with Gasteiger partial charge in [-0.15, -0.1) is 0 Å². The molecule has 21 heavy (non-hydrogen) atoms. The Balaban J connectivity index is 2.41. The third-order valence-electron chi connectivity index (χ3n) is 2.63. The van der Waals surface area contributed by atoms with Crippen molar-refractivity contribution in [3.63, 3.8) is 0 Å². The van der Waals surface area contributed by atoms with Crippen LogP contribution in [-0.2, 0) is 4.74 Å². The van der Waals surface area contributed by atoms with Gasteiger partial charge in [0.05, 0.1) is 11.5 Å². The number of hydrogen-bond donors (Lipinski definition) is 1. The van der Waals surface area contributed by atoms with Crippen LogP contribution in [0.4, 0.5) is 5.69 Å². The first kappa shape index (κ1) is 14.4. The van der Waals surface area contributed by atoms with Crippen molar-refractivity contribution in [3.8, 4) is 11.4 Å². The molecule has 0 aliphatic carbocycles. The molecule has 1 heterocycles. The number of nitrogens with one attached hydrogen (secondary N) is 1. The van der Waals surface area contributed by atoms with Crippen LogP contribution >= 0.6 is 0 Å². The van der Waals surface area contributed by atoms with Crippen LogP contribution in [0.25, 0.3) is 11.4 Å². The van der Waals surface area contributed by atoms with Crippen LogP contribution in [-0.4, -0.2) is 27.5 Å². The first-order valence-corrected chi connectivity index (χ1v) is 6.04. The molecule has 0 saturated carbocycles. The molecule has 0 aliphatic rings. The molecule has 0 unspecified atom stereocenters. The molecule has 2 aromatic rings. The maximum atomic E-state index is 11.8. The molecule has 2 rings (SSSR count). The molecule has 108 valence electrons. The molecule has 1 aromatic carbocycles. The topological polar surface area (TPSA) is 115 Å². The van der Waals surface area contributed by atoms with Gasteiger partial charge in [-0.05, 0) is 6.92 Å². The van der Waals surface area contributed by atoms with Crippen molar-refractivity contribution < 1.29 is 14.5 Å². The zero-order chi connectivity index (χ0) is 15.4. The van der Waals surface area contributed by atoms with Gasteiger partial charge in [0, 0.05) is 23.9 Å². The van der Waals surface area contributed by atoms with Crippen molar-refractivity contribution in [1.82, 2.24) is 9.97 Å². The quantitative estimate of drug-likeness (QED) is 0.518. The molecule has 0 fully saturated rings. The van der Waals surface area contributed by atoms with Gasteiger partial charge in [0.1, 0.15) is 11.4 Å². The van der Waals surface area contributed by atoms with Crippen molar-refractivity contribution in [3.05, 3.63) is 56.5 Å². The molecule has 1 N–H and O–H groups in total. The predicted molar refractivity (Wildman–Crippen MR) is 72.9 cm³/mol. The van der Waals surface area contributed by atoms with Gasteiger partial charge in [-0.2, -0.15) is 0 Å². The Kier molecular flexibility index (Phi) is 4.07. The monoisotopic (exact) mass is 289 g/mol. The van der Waals surface area contributed by atoms with E-state index in [2.05, 4.69) is 9.97 Å². The van der Waals surface area contributed by atoms with Crippen LogP contribution in [0.15, 0.2) is 35.3 Å². The Morgan fingerprint density at radius 3 is 2.86 bits per heavy atom. The summed E-state index contributed by atoms with van der Waals surface area (Å²) in [7, 11) is 0. The SMILES string of the molecule is CCOC(=O)c1cnc(-c2cccc([N+](=O)[O-])c2)[nH]c1=O. The van der Waals surface area contributed by atoms with Crippen LogP contribution < -0.4 is 5.56 Å². The summed E-state index contributed by atoms with van der Waals surface area (Å²) in [6.45, 7) is 1.77. The number of carbonyl (C=O) groups excluding carboxylic acids is 1. The number of nitrogens with zero attached hydrogens (tertiary/aromatic N) is 2. The summed E-state index contributed by atoms with van der Waals surface area (Å²) in [6, 6.07) is 5.65. The molecule has 0 saturated heterocycles. The maximum absolute atomic E-state index is 11.8. The number of rotatable bonds is 4. The van der Waals surface area contributed by atoms with Gasteiger partial charge in [0.2, 0.25) is 0 Å². The Morgan fingerprint density at radius 2 is 2.24 bits per heavy atom. The summed E-state index contributed by atoms with van der Waals surface area (Å²) in [5.74, 6) is -0.631. The van der Waals surface area contributed by atoms with E-state index in [9.17, 15) is 19.7 Å². The van der Waals surface area contributed by atoms with E-state index in [0.717, 1.165) is 6.20 Å². The highest BCUT2D eigenvalue weighted by Gasteiger charge is 2.14. The van der Waals surface area contributed by atoms with E-state index in [4.69, 9.17) is 4.74 Å². The van der Waals surface area contributed by atoms with Gasteiger partial charge in [0.15, 0.2) is 0 Å². The van der Waals surface area contributed by atoms with E-state index in [1.54, 1.807) is 13.0 Å². The van der Waals surface area contributed by atoms with Crippen molar-refractivity contribution >= 4 is 11.7 Å². The highest BCUT2D eigenvalue weighted by atomic mass is 16.6. The average Bonchev–Trinajstić information content (AvgIpc) is 2.47. The number of carbonyl (C=O) groups is 1. The van der Waals surface area contributed by atoms with E-state index in [0.29, 0.717) is 5.56 Å². The van der Waals surface area contributed by atoms with Crippen LogP contribution in [0.3, 0.4) is 0 Å². The zero-order valence-electron chi connectivity index (χ0n) is 11.0. The lowest BCUT2D eigenvalue weighted by Crippen LogP contribution is -2.20. The van der Waals surface area contributed by atoms with Gasteiger partial charge >= 0.3 is 5.97 Å². The minimum atomic E-state index is -0.767. The number of nitro groups is 1. The van der Waals surface area contributed by atoms with Crippen molar-refractivity contribution in [1.29, 1.82) is 0 Å². The number of ether oxygens (including phenoxy) is 1. The number of aromatic amines is 1. The fourth-order valence-electron chi connectivity index (χ4n) is 1.66. The summed E-state index contributed by atoms with van der Waals surface area (Å²) in [4.78, 5) is 39.8. The van der Waals surface area contributed by atoms with Gasteiger partial charge < -0.3 is 9.72 Å². The van der Waals surface area contributed by atoms with E-state index in [1.807, 2.05) is 0 Å². The number of hydrogen-bond acceptors (Lipinski definition) is 6. The van der Waals surface area contributed by atoms with Gasteiger partial charge in [-0.1, -0.05) is 12.1 Å². The number of non-ortho nitro benzene ring substituents is 1. The number of H-pyrrole nitrogens is 1. The van der Waals surface area contributed by atoms with Crippen LogP contribution in [0.1, 0.15) is 17.3 Å². The molecule has 1 aromatic heterocycles. The molecule has 0 amide bonds. The molecule has 0 radical (unpaired) electrons. The summed E-state index contributed by atoms with van der Waals surface area (Å²) in [6.07, 6.45) is 1.09. The molecule has 8 nitrogen and oxygen atoms in total. The lowest BCUT2D eigenvalue weighted by Gasteiger charge is -2.03. The first-order valence-electron chi connectivity index (χ1n) is 6.04. The highest BCUT2D eigenvalue weighted by Crippen LogP contribution is 2.19. The number of esters is 1. The molecule has 0 bridgehead atoms. The largest absolute Gasteiger partial charge is 0.462 e. The minimum Gasteiger partial charge on any atom is -0.462 e. The van der Waals surface area contributed by atoms with Crippen LogP contribution in [0.2, 0.25) is 0 Å². The predicted octanol–water partition coefficient (Wildman–Crippen LogP) is 1.52. The second kappa shape index (κ2) is 5.95. The van der Waals surface area contributed by atoms with E-state index in [1.165, 1.54) is 18.2 Å². The third-order valence-corrected chi connectivity index (χ3v) is 2.63. The summed E-state index contributed by atoms with van der Waals surface area (Å²) in [5.41, 5.74) is -0.627. The Hall–Kier alpha value is -3.03. The summed E-state index contributed by atoms with van der Waals surface area (Å²) in [5, 5.41) is 10.7. The molecular formula is C13H11N3O5. The molecule has 0 spiro atoms. The summed E-state index contributed by atoms with van der Waals surface area (Å²) < 4.78 is 4.72. The van der Waals surface area contributed by atoms with E-state index >= 15 is 0 Å². The van der Waals surface area contributed by atoms with Crippen molar-refractivity contribution in [2.75, 3.05) is 6.61 Å². The van der Waals surface area contributed by atoms with Crippen molar-refractivity contribution in [2.45, 2.75) is 6.92 Å². The smallest absolute Gasteiger partial charge is 0.345 e. The standard InChI is InChI=1S/C13H11N3O5/c1-2-21-13(18)10-7-14-11(15-12(10)17)8-4-3-5-9(6-8)16(19)20/h3-7H,2H2,1H3,(H,14,15,17). The highest BCUT2D eigenvalue weighted by molar-refractivity contribution is 5.88. The fourth-order valence-corrected chi connectivity index (χ4v) is 1.66. The molecule has 0 aliphatic heterocycles. The van der Waals surface area contributed by atoms with E-state index < -0.39 is 16.5 Å². The molecular weight excluding hydrogens is 278 g/mol. The molecule has 8 heteroatoms. The Bertz CT molecular complexity index is 753. The second-order valence-electron chi connectivity index (χ2n) is 4.00. The summed E-state index contributed by atoms with van der Waals surface area (Å²) >= 11 is 0.